The van der Waals surface area contributed by atoms with E-state index in [4.69, 9.17) is 11.6 Å². The molecule has 0 atom stereocenters. The van der Waals surface area contributed by atoms with Crippen molar-refractivity contribution in [3.63, 3.8) is 0 Å². The van der Waals surface area contributed by atoms with Gasteiger partial charge >= 0.3 is 6.18 Å². The minimum atomic E-state index is -4.47. The van der Waals surface area contributed by atoms with Crippen molar-refractivity contribution in [2.45, 2.75) is 6.18 Å². The highest BCUT2D eigenvalue weighted by Crippen LogP contribution is 2.34. The Morgan fingerprint density at radius 1 is 1.36 bits per heavy atom. The number of aromatic nitrogens is 3. The number of nitrogens with zero attached hydrogens (tertiary/aromatic N) is 3. The highest BCUT2D eigenvalue weighted by atomic mass is 35.5. The summed E-state index contributed by atoms with van der Waals surface area (Å²) < 4.78 is 38.3. The number of hydrogen-bond donors (Lipinski definition) is 0. The van der Waals surface area contributed by atoms with Crippen molar-refractivity contribution in [3.8, 4) is 0 Å². The maximum absolute atomic E-state index is 12.3. The molecule has 0 spiro atoms. The summed E-state index contributed by atoms with van der Waals surface area (Å²) in [5.41, 5.74) is -0.790. The van der Waals surface area contributed by atoms with Gasteiger partial charge in [0.15, 0.2) is 5.65 Å². The Hall–Kier alpha value is -1.30. The monoisotopic (exact) mass is 221 g/mol. The molecule has 0 saturated heterocycles. The molecule has 0 aliphatic heterocycles. The summed E-state index contributed by atoms with van der Waals surface area (Å²) in [6, 6.07) is 0.856. The second kappa shape index (κ2) is 2.84. The third kappa shape index (κ3) is 1.41. The normalized spacial score (nSPS) is 12.3. The molecular weight excluding hydrogens is 219 g/mol. The van der Waals surface area contributed by atoms with E-state index in [1.165, 1.54) is 10.7 Å². The van der Waals surface area contributed by atoms with Crippen molar-refractivity contribution in [1.29, 1.82) is 0 Å². The number of pyridine rings is 1. The lowest BCUT2D eigenvalue weighted by Gasteiger charge is -2.08. The predicted octanol–water partition coefficient (Wildman–Crippen LogP) is 2.40. The van der Waals surface area contributed by atoms with Gasteiger partial charge in [0.1, 0.15) is 6.33 Å². The molecule has 0 amide bonds. The van der Waals surface area contributed by atoms with Crippen molar-refractivity contribution in [2.75, 3.05) is 0 Å². The van der Waals surface area contributed by atoms with E-state index in [0.29, 0.717) is 0 Å². The van der Waals surface area contributed by atoms with Gasteiger partial charge in [-0.05, 0) is 6.07 Å². The average Bonchev–Trinajstić information content (AvgIpc) is 2.47. The van der Waals surface area contributed by atoms with Gasteiger partial charge in [-0.15, -0.1) is 10.2 Å². The molecule has 2 rings (SSSR count). The first-order valence-corrected chi connectivity index (χ1v) is 3.92. The lowest BCUT2D eigenvalue weighted by atomic mass is 10.2. The topological polar surface area (TPSA) is 30.2 Å². The molecule has 0 saturated carbocycles. The van der Waals surface area contributed by atoms with E-state index in [2.05, 4.69) is 10.2 Å². The van der Waals surface area contributed by atoms with E-state index in [1.807, 2.05) is 0 Å². The van der Waals surface area contributed by atoms with Gasteiger partial charge in [-0.3, -0.25) is 4.40 Å². The van der Waals surface area contributed by atoms with Crippen molar-refractivity contribution in [3.05, 3.63) is 29.2 Å². The lowest BCUT2D eigenvalue weighted by Crippen LogP contribution is -2.06. The van der Waals surface area contributed by atoms with Gasteiger partial charge in [-0.2, -0.15) is 13.2 Å². The number of hydrogen-bond acceptors (Lipinski definition) is 2. The van der Waals surface area contributed by atoms with Crippen LogP contribution in [-0.2, 0) is 6.18 Å². The van der Waals surface area contributed by atoms with Crippen LogP contribution >= 0.6 is 11.6 Å². The lowest BCUT2D eigenvalue weighted by molar-refractivity contribution is -0.137. The molecule has 0 radical (unpaired) electrons. The fourth-order valence-corrected chi connectivity index (χ4v) is 1.33. The second-order valence-corrected chi connectivity index (χ2v) is 3.04. The molecule has 7 heteroatoms. The van der Waals surface area contributed by atoms with Gasteiger partial charge < -0.3 is 0 Å². The molecule has 0 aliphatic carbocycles. The van der Waals surface area contributed by atoms with Crippen molar-refractivity contribution in [1.82, 2.24) is 14.6 Å². The molecule has 0 unspecified atom stereocenters. The number of alkyl halides is 3. The second-order valence-electron chi connectivity index (χ2n) is 2.63. The van der Waals surface area contributed by atoms with Gasteiger partial charge in [0.25, 0.3) is 0 Å². The van der Waals surface area contributed by atoms with Gasteiger partial charge in [0.05, 0.1) is 10.6 Å². The van der Waals surface area contributed by atoms with E-state index < -0.39 is 11.7 Å². The van der Waals surface area contributed by atoms with Gasteiger partial charge in [0.2, 0.25) is 0 Å². The van der Waals surface area contributed by atoms with Crippen LogP contribution in [-0.4, -0.2) is 14.6 Å². The Balaban J connectivity index is 2.71. The van der Waals surface area contributed by atoms with Gasteiger partial charge in [0, 0.05) is 6.20 Å². The molecule has 3 nitrogen and oxygen atoms in total. The largest absolute Gasteiger partial charge is 0.418 e. The Bertz CT molecular complexity index is 476. The fraction of sp³-hybridized carbons (Fsp3) is 0.143. The average molecular weight is 222 g/mol. The van der Waals surface area contributed by atoms with E-state index in [9.17, 15) is 13.2 Å². The first-order chi connectivity index (χ1) is 6.48. The molecule has 0 aromatic carbocycles. The zero-order chi connectivity index (χ0) is 10.3. The summed E-state index contributed by atoms with van der Waals surface area (Å²) in [5, 5.41) is 6.57. The van der Waals surface area contributed by atoms with Crippen molar-refractivity contribution >= 4 is 17.2 Å². The zero-order valence-corrected chi connectivity index (χ0v) is 7.34. The number of halogens is 4. The molecule has 0 aliphatic rings. The molecule has 2 heterocycles. The molecule has 0 fully saturated rings. The van der Waals surface area contributed by atoms with Crippen LogP contribution in [0.4, 0.5) is 13.2 Å². The van der Waals surface area contributed by atoms with Crippen LogP contribution in [0.15, 0.2) is 18.6 Å². The van der Waals surface area contributed by atoms with Crippen LogP contribution in [0.3, 0.4) is 0 Å². The quantitative estimate of drug-likeness (QED) is 0.684. The maximum Gasteiger partial charge on any atom is 0.418 e. The smallest absolute Gasteiger partial charge is 0.288 e. The van der Waals surface area contributed by atoms with Gasteiger partial charge in [-0.1, -0.05) is 11.6 Å². The summed E-state index contributed by atoms with van der Waals surface area (Å²) in [5.74, 6) is 0. The fourth-order valence-electron chi connectivity index (χ4n) is 1.06. The molecule has 0 bridgehead atoms. The molecule has 74 valence electrons. The summed E-state index contributed by atoms with van der Waals surface area (Å²) in [7, 11) is 0. The van der Waals surface area contributed by atoms with E-state index in [-0.39, 0.29) is 10.7 Å². The van der Waals surface area contributed by atoms with Crippen LogP contribution in [0.5, 0.6) is 0 Å². The van der Waals surface area contributed by atoms with Crippen LogP contribution in [0.1, 0.15) is 5.56 Å². The molecule has 14 heavy (non-hydrogen) atoms. The first kappa shape index (κ1) is 9.26. The summed E-state index contributed by atoms with van der Waals surface area (Å²) >= 11 is 5.45. The summed E-state index contributed by atoms with van der Waals surface area (Å²) in [6.07, 6.45) is -2.06. The third-order valence-corrected chi connectivity index (χ3v) is 1.99. The minimum Gasteiger partial charge on any atom is -0.288 e. The van der Waals surface area contributed by atoms with E-state index in [1.54, 1.807) is 0 Å². The number of rotatable bonds is 0. The van der Waals surface area contributed by atoms with Crippen molar-refractivity contribution in [2.24, 2.45) is 0 Å². The molecule has 2 aromatic rings. The third-order valence-electron chi connectivity index (χ3n) is 1.69. The standard InChI is InChI=1S/C7H3ClF3N3/c8-5-2-14-3-12-13-6(14)1-4(5)7(9,10)11/h1-3H. The Morgan fingerprint density at radius 2 is 2.07 bits per heavy atom. The number of fused-ring (bicyclic) bond motifs is 1. The Morgan fingerprint density at radius 3 is 2.71 bits per heavy atom. The summed E-state index contributed by atoms with van der Waals surface area (Å²) in [4.78, 5) is 0. The molecule has 2 aromatic heterocycles. The Kier molecular flexibility index (Phi) is 1.88. The van der Waals surface area contributed by atoms with Crippen molar-refractivity contribution < 1.29 is 13.2 Å². The highest BCUT2D eigenvalue weighted by molar-refractivity contribution is 6.31. The van der Waals surface area contributed by atoms with E-state index in [0.717, 1.165) is 12.3 Å². The van der Waals surface area contributed by atoms with Gasteiger partial charge in [-0.25, -0.2) is 0 Å². The minimum absolute atomic E-state index is 0.113. The highest BCUT2D eigenvalue weighted by Gasteiger charge is 2.33. The van der Waals surface area contributed by atoms with Crippen LogP contribution < -0.4 is 0 Å². The van der Waals surface area contributed by atoms with Crippen LogP contribution in [0, 0.1) is 0 Å². The van der Waals surface area contributed by atoms with Crippen LogP contribution in [0.25, 0.3) is 5.65 Å². The maximum atomic E-state index is 12.3. The molecule has 0 N–H and O–H groups in total. The first-order valence-electron chi connectivity index (χ1n) is 3.54. The zero-order valence-electron chi connectivity index (χ0n) is 6.59. The predicted molar refractivity (Wildman–Crippen MR) is 43.0 cm³/mol. The Labute approximate surface area is 81.1 Å². The van der Waals surface area contributed by atoms with E-state index >= 15 is 0 Å². The SMILES string of the molecule is FC(F)(F)c1cc2nncn2cc1Cl. The summed E-state index contributed by atoms with van der Waals surface area (Å²) in [6.45, 7) is 0. The van der Waals surface area contributed by atoms with Crippen LogP contribution in [0.2, 0.25) is 5.02 Å². The molecular formula is C7H3ClF3N3.